The number of benzene rings is 6. The minimum absolute atomic E-state index is 0.872. The Balaban J connectivity index is 1.37. The highest BCUT2D eigenvalue weighted by atomic mass is 14.2. The van der Waals surface area contributed by atoms with E-state index in [1.54, 1.807) is 0 Å². The Labute approximate surface area is 219 Å². The molecule has 0 radical (unpaired) electrons. The molecule has 0 heterocycles. The van der Waals surface area contributed by atoms with E-state index in [4.69, 9.17) is 0 Å². The molecule has 0 aliphatic carbocycles. The van der Waals surface area contributed by atoms with Gasteiger partial charge in [0.15, 0.2) is 0 Å². The van der Waals surface area contributed by atoms with Crippen molar-refractivity contribution >= 4 is 0 Å². The summed E-state index contributed by atoms with van der Waals surface area (Å²) >= 11 is 0. The molecule has 176 valence electrons. The lowest BCUT2D eigenvalue weighted by Crippen LogP contribution is -1.95. The van der Waals surface area contributed by atoms with Gasteiger partial charge < -0.3 is 0 Å². The third kappa shape index (κ3) is 5.01. The van der Waals surface area contributed by atoms with Crippen LogP contribution in [0.3, 0.4) is 0 Å². The zero-order valence-corrected chi connectivity index (χ0v) is 20.7. The van der Waals surface area contributed by atoms with Crippen molar-refractivity contribution < 1.29 is 0 Å². The molecule has 0 aromatic heterocycles. The van der Waals surface area contributed by atoms with Gasteiger partial charge in [0.25, 0.3) is 0 Å². The average molecular weight is 473 g/mol. The summed E-state index contributed by atoms with van der Waals surface area (Å²) < 4.78 is 0. The predicted octanol–water partition coefficient (Wildman–Crippen LogP) is 9.95. The van der Waals surface area contributed by atoms with Gasteiger partial charge in [-0.05, 0) is 74.2 Å². The molecular weight excluding hydrogens is 444 g/mol. The van der Waals surface area contributed by atoms with Gasteiger partial charge in [0.2, 0.25) is 0 Å². The van der Waals surface area contributed by atoms with E-state index in [-0.39, 0.29) is 0 Å². The standard InChI is InChI=1S/C37H28/c1-3-13-28(14-4-1)30-19-11-21-34(25-30)36-23-9-7-17-32(36)27-33-18-8-10-24-37(33)35-22-12-20-31(26-35)29-15-5-2-6-16-29/h1-26H,27H2. The Morgan fingerprint density at radius 1 is 0.270 bits per heavy atom. The van der Waals surface area contributed by atoms with E-state index in [0.717, 1.165) is 6.42 Å². The molecule has 6 aromatic rings. The van der Waals surface area contributed by atoms with Crippen LogP contribution >= 0.6 is 0 Å². The summed E-state index contributed by atoms with van der Waals surface area (Å²) in [5, 5.41) is 0. The normalized spacial score (nSPS) is 10.8. The second kappa shape index (κ2) is 10.5. The molecule has 0 heteroatoms. The molecule has 0 bridgehead atoms. The van der Waals surface area contributed by atoms with Crippen molar-refractivity contribution in [2.24, 2.45) is 0 Å². The average Bonchev–Trinajstić information content (AvgIpc) is 2.99. The van der Waals surface area contributed by atoms with Crippen molar-refractivity contribution in [3.8, 4) is 44.5 Å². The van der Waals surface area contributed by atoms with E-state index in [1.807, 2.05) is 0 Å². The fourth-order valence-corrected chi connectivity index (χ4v) is 5.11. The molecule has 0 saturated carbocycles. The van der Waals surface area contributed by atoms with Crippen LogP contribution in [-0.2, 0) is 6.42 Å². The fourth-order valence-electron chi connectivity index (χ4n) is 5.11. The Bertz CT molecular complexity index is 1500. The first-order valence-corrected chi connectivity index (χ1v) is 12.8. The maximum atomic E-state index is 2.31. The molecule has 0 N–H and O–H groups in total. The molecule has 0 saturated heterocycles. The maximum absolute atomic E-state index is 2.31. The smallest absolute Gasteiger partial charge is 0.00135 e. The molecule has 0 aliphatic heterocycles. The molecule has 6 aromatic carbocycles. The minimum Gasteiger partial charge on any atom is -0.0622 e. The van der Waals surface area contributed by atoms with Crippen LogP contribution in [-0.4, -0.2) is 0 Å². The van der Waals surface area contributed by atoms with Gasteiger partial charge in [0, 0.05) is 0 Å². The van der Waals surface area contributed by atoms with Crippen molar-refractivity contribution in [1.29, 1.82) is 0 Å². The molecule has 0 spiro atoms. The Kier molecular flexibility index (Phi) is 6.47. The van der Waals surface area contributed by atoms with Gasteiger partial charge in [-0.2, -0.15) is 0 Å². The van der Waals surface area contributed by atoms with E-state index >= 15 is 0 Å². The SMILES string of the molecule is c1ccc(-c2cccc(-c3ccccc3Cc3ccccc3-c3cccc(-c4ccccc4)c3)c2)cc1. The predicted molar refractivity (Wildman–Crippen MR) is 157 cm³/mol. The zero-order valence-electron chi connectivity index (χ0n) is 20.7. The first kappa shape index (κ1) is 22.8. The third-order valence-electron chi connectivity index (χ3n) is 6.98. The lowest BCUT2D eigenvalue weighted by molar-refractivity contribution is 1.20. The van der Waals surface area contributed by atoms with Crippen molar-refractivity contribution in [2.75, 3.05) is 0 Å². The molecule has 0 fully saturated rings. The van der Waals surface area contributed by atoms with E-state index in [2.05, 4.69) is 158 Å². The van der Waals surface area contributed by atoms with Crippen LogP contribution in [0.25, 0.3) is 44.5 Å². The molecule has 0 amide bonds. The van der Waals surface area contributed by atoms with Crippen LogP contribution < -0.4 is 0 Å². The monoisotopic (exact) mass is 472 g/mol. The largest absolute Gasteiger partial charge is 0.0622 e. The molecule has 0 aliphatic rings. The Morgan fingerprint density at radius 3 is 1.08 bits per heavy atom. The second-order valence-corrected chi connectivity index (χ2v) is 9.38. The van der Waals surface area contributed by atoms with E-state index in [9.17, 15) is 0 Å². The second-order valence-electron chi connectivity index (χ2n) is 9.38. The Hall–Kier alpha value is -4.68. The maximum Gasteiger partial charge on any atom is -0.00135 e. The van der Waals surface area contributed by atoms with Gasteiger partial charge in [0.05, 0.1) is 0 Å². The highest BCUT2D eigenvalue weighted by molar-refractivity contribution is 5.77. The first-order valence-electron chi connectivity index (χ1n) is 12.8. The number of hydrogen-bond donors (Lipinski definition) is 0. The minimum atomic E-state index is 0.872. The van der Waals surface area contributed by atoms with Gasteiger partial charge in [0.1, 0.15) is 0 Å². The van der Waals surface area contributed by atoms with E-state index < -0.39 is 0 Å². The van der Waals surface area contributed by atoms with Gasteiger partial charge in [-0.3, -0.25) is 0 Å². The number of hydrogen-bond acceptors (Lipinski definition) is 0. The van der Waals surface area contributed by atoms with Gasteiger partial charge in [-0.25, -0.2) is 0 Å². The summed E-state index contributed by atoms with van der Waals surface area (Å²) in [6.07, 6.45) is 0.872. The quantitative estimate of drug-likeness (QED) is 0.226. The third-order valence-corrected chi connectivity index (χ3v) is 6.98. The van der Waals surface area contributed by atoms with Crippen LogP contribution in [0.5, 0.6) is 0 Å². The van der Waals surface area contributed by atoms with Crippen LogP contribution in [0.2, 0.25) is 0 Å². The van der Waals surface area contributed by atoms with Crippen LogP contribution in [0.15, 0.2) is 158 Å². The van der Waals surface area contributed by atoms with Crippen LogP contribution in [0, 0.1) is 0 Å². The van der Waals surface area contributed by atoms with E-state index in [0.29, 0.717) is 0 Å². The fraction of sp³-hybridized carbons (Fsp3) is 0.0270. The summed E-state index contributed by atoms with van der Waals surface area (Å²) in [4.78, 5) is 0. The molecule has 0 unspecified atom stereocenters. The highest BCUT2D eigenvalue weighted by Crippen LogP contribution is 2.33. The summed E-state index contributed by atoms with van der Waals surface area (Å²) in [5.74, 6) is 0. The van der Waals surface area contributed by atoms with Crippen molar-refractivity contribution in [3.63, 3.8) is 0 Å². The van der Waals surface area contributed by atoms with Gasteiger partial charge in [-0.1, -0.05) is 146 Å². The Morgan fingerprint density at radius 2 is 0.622 bits per heavy atom. The summed E-state index contributed by atoms with van der Waals surface area (Å²) in [7, 11) is 0. The summed E-state index contributed by atoms with van der Waals surface area (Å²) in [5.41, 5.74) is 12.7. The molecule has 6 rings (SSSR count). The van der Waals surface area contributed by atoms with Crippen molar-refractivity contribution in [2.45, 2.75) is 6.42 Å². The zero-order chi connectivity index (χ0) is 24.9. The van der Waals surface area contributed by atoms with Crippen molar-refractivity contribution in [3.05, 3.63) is 169 Å². The van der Waals surface area contributed by atoms with Crippen LogP contribution in [0.1, 0.15) is 11.1 Å². The van der Waals surface area contributed by atoms with Gasteiger partial charge in [-0.15, -0.1) is 0 Å². The first-order chi connectivity index (χ1) is 18.3. The topological polar surface area (TPSA) is 0 Å². The lowest BCUT2D eigenvalue weighted by Gasteiger charge is -2.15. The summed E-state index contributed by atoms with van der Waals surface area (Å²) in [6.45, 7) is 0. The lowest BCUT2D eigenvalue weighted by atomic mass is 9.89. The van der Waals surface area contributed by atoms with Crippen molar-refractivity contribution in [1.82, 2.24) is 0 Å². The summed E-state index contributed by atoms with van der Waals surface area (Å²) in [6, 6.07) is 56.6. The molecule has 0 nitrogen and oxygen atoms in total. The van der Waals surface area contributed by atoms with Crippen LogP contribution in [0.4, 0.5) is 0 Å². The number of rotatable bonds is 6. The molecule has 37 heavy (non-hydrogen) atoms. The molecule has 0 atom stereocenters. The van der Waals surface area contributed by atoms with Gasteiger partial charge >= 0.3 is 0 Å². The van der Waals surface area contributed by atoms with E-state index in [1.165, 1.54) is 55.6 Å². The highest BCUT2D eigenvalue weighted by Gasteiger charge is 2.11. The molecular formula is C37H28.